The van der Waals surface area contributed by atoms with Crippen molar-refractivity contribution >= 4 is 15.7 Å². The number of nitrogens with two attached hydrogens (primary N) is 1. The van der Waals surface area contributed by atoms with Crippen LogP contribution in [0.3, 0.4) is 0 Å². The van der Waals surface area contributed by atoms with Crippen molar-refractivity contribution in [3.63, 3.8) is 0 Å². The molecule has 7 nitrogen and oxygen atoms in total. The number of methoxy groups -OCH3 is 1. The van der Waals surface area contributed by atoms with E-state index in [0.717, 1.165) is 0 Å². The lowest BCUT2D eigenvalue weighted by Gasteiger charge is -2.11. The Kier molecular flexibility index (Phi) is 6.29. The van der Waals surface area contributed by atoms with Crippen LogP contribution in [0.5, 0.6) is 11.5 Å². The molecule has 3 N–H and O–H groups in total. The molecule has 8 heteroatoms. The van der Waals surface area contributed by atoms with Crippen molar-refractivity contribution in [3.8, 4) is 11.5 Å². The highest BCUT2D eigenvalue weighted by molar-refractivity contribution is 7.91. The molecule has 0 aliphatic rings. The highest BCUT2D eigenvalue weighted by Crippen LogP contribution is 2.28. The molecule has 0 radical (unpaired) electrons. The van der Waals surface area contributed by atoms with Crippen LogP contribution in [0, 0.1) is 0 Å². The molecule has 0 spiro atoms. The van der Waals surface area contributed by atoms with Crippen molar-refractivity contribution in [3.05, 3.63) is 23.8 Å². The van der Waals surface area contributed by atoms with Crippen LogP contribution < -0.4 is 15.2 Å². The van der Waals surface area contributed by atoms with Crippen LogP contribution in [-0.2, 0) is 9.84 Å². The van der Waals surface area contributed by atoms with E-state index in [0.29, 0.717) is 23.5 Å². The summed E-state index contributed by atoms with van der Waals surface area (Å²) in [5, 5.41) is 11.5. The van der Waals surface area contributed by atoms with Crippen molar-refractivity contribution in [1.29, 1.82) is 0 Å². The Labute approximate surface area is 124 Å². The van der Waals surface area contributed by atoms with Crippen molar-refractivity contribution in [2.75, 3.05) is 25.2 Å². The fourth-order valence-corrected chi connectivity index (χ4v) is 2.46. The van der Waals surface area contributed by atoms with E-state index in [1.165, 1.54) is 7.11 Å². The van der Waals surface area contributed by atoms with Gasteiger partial charge in [0.25, 0.3) is 0 Å². The molecule has 118 valence electrons. The fraction of sp³-hybridized carbons (Fsp3) is 0.462. The molecule has 0 unspecified atom stereocenters. The number of hydrogen-bond acceptors (Lipinski definition) is 6. The van der Waals surface area contributed by atoms with Crippen molar-refractivity contribution in [2.45, 2.75) is 13.3 Å². The predicted molar refractivity (Wildman–Crippen MR) is 79.9 cm³/mol. The first-order valence-corrected chi connectivity index (χ1v) is 8.24. The van der Waals surface area contributed by atoms with Gasteiger partial charge in [-0.05, 0) is 24.6 Å². The van der Waals surface area contributed by atoms with Gasteiger partial charge in [-0.2, -0.15) is 0 Å². The summed E-state index contributed by atoms with van der Waals surface area (Å²) in [6.45, 7) is 1.88. The molecule has 0 saturated heterocycles. The van der Waals surface area contributed by atoms with Gasteiger partial charge in [-0.1, -0.05) is 12.1 Å². The minimum Gasteiger partial charge on any atom is -0.493 e. The maximum atomic E-state index is 11.4. The second kappa shape index (κ2) is 7.72. The number of amidine groups is 1. The van der Waals surface area contributed by atoms with Gasteiger partial charge in [0.05, 0.1) is 19.5 Å². The number of ether oxygens (including phenoxy) is 2. The first kappa shape index (κ1) is 17.1. The van der Waals surface area contributed by atoms with Gasteiger partial charge in [0.2, 0.25) is 0 Å². The van der Waals surface area contributed by atoms with Crippen LogP contribution in [-0.4, -0.2) is 44.7 Å². The van der Waals surface area contributed by atoms with E-state index < -0.39 is 9.84 Å². The van der Waals surface area contributed by atoms with Gasteiger partial charge in [-0.25, -0.2) is 8.42 Å². The second-order valence-electron chi connectivity index (χ2n) is 4.29. The summed E-state index contributed by atoms with van der Waals surface area (Å²) in [5.74, 6) is 1.09. The third-order valence-electron chi connectivity index (χ3n) is 2.86. The van der Waals surface area contributed by atoms with Crippen LogP contribution >= 0.6 is 0 Å². The number of hydrogen-bond donors (Lipinski definition) is 2. The summed E-state index contributed by atoms with van der Waals surface area (Å²) in [6, 6.07) is 4.82. The monoisotopic (exact) mass is 316 g/mol. The highest BCUT2D eigenvalue weighted by atomic mass is 32.2. The van der Waals surface area contributed by atoms with Gasteiger partial charge in [-0.15, -0.1) is 0 Å². The molecule has 1 aromatic rings. The van der Waals surface area contributed by atoms with Gasteiger partial charge >= 0.3 is 0 Å². The molecule has 0 aliphatic carbocycles. The summed E-state index contributed by atoms with van der Waals surface area (Å²) in [7, 11) is -1.51. The van der Waals surface area contributed by atoms with E-state index in [2.05, 4.69) is 5.16 Å². The minimum atomic E-state index is -2.98. The van der Waals surface area contributed by atoms with E-state index in [1.54, 1.807) is 25.1 Å². The van der Waals surface area contributed by atoms with E-state index in [4.69, 9.17) is 20.4 Å². The van der Waals surface area contributed by atoms with Gasteiger partial charge < -0.3 is 20.4 Å². The first-order valence-electron chi connectivity index (χ1n) is 6.42. The van der Waals surface area contributed by atoms with Gasteiger partial charge in [0.15, 0.2) is 17.3 Å². The number of sulfone groups is 1. The third-order valence-corrected chi connectivity index (χ3v) is 4.65. The molecular weight excluding hydrogens is 296 g/mol. The third kappa shape index (κ3) is 5.14. The molecular formula is C13H20N2O5S. The predicted octanol–water partition coefficient (Wildman–Crippen LogP) is 0.993. The normalized spacial score (nSPS) is 12.2. The number of nitrogens with zero attached hydrogens (tertiary/aromatic N) is 1. The Balaban J connectivity index is 2.67. The minimum absolute atomic E-state index is 0.0334. The maximum Gasteiger partial charge on any atom is 0.170 e. The summed E-state index contributed by atoms with van der Waals surface area (Å²) in [6.07, 6.45) is 0.404. The average molecular weight is 316 g/mol. The summed E-state index contributed by atoms with van der Waals surface area (Å²) in [5.41, 5.74) is 5.99. The summed E-state index contributed by atoms with van der Waals surface area (Å²) >= 11 is 0. The molecule has 0 heterocycles. The van der Waals surface area contributed by atoms with Crippen LogP contribution in [0.25, 0.3) is 0 Å². The molecule has 21 heavy (non-hydrogen) atoms. The molecule has 0 aromatic heterocycles. The van der Waals surface area contributed by atoms with Crippen LogP contribution in [0.15, 0.2) is 23.4 Å². The van der Waals surface area contributed by atoms with Crippen molar-refractivity contribution < 1.29 is 23.1 Å². The van der Waals surface area contributed by atoms with E-state index in [1.807, 2.05) is 0 Å². The van der Waals surface area contributed by atoms with Crippen molar-refractivity contribution in [2.24, 2.45) is 10.9 Å². The molecule has 1 rings (SSSR count). The molecule has 0 aliphatic heterocycles. The van der Waals surface area contributed by atoms with Crippen LogP contribution in [0.1, 0.15) is 18.9 Å². The van der Waals surface area contributed by atoms with Gasteiger partial charge in [0.1, 0.15) is 9.84 Å². The number of oxime groups is 1. The van der Waals surface area contributed by atoms with Crippen LogP contribution in [0.2, 0.25) is 0 Å². The Morgan fingerprint density at radius 2 is 2.10 bits per heavy atom. The molecule has 0 amide bonds. The lowest BCUT2D eigenvalue weighted by atomic mass is 10.2. The first-order chi connectivity index (χ1) is 9.93. The Morgan fingerprint density at radius 1 is 1.38 bits per heavy atom. The molecule has 0 saturated carbocycles. The molecule has 0 bridgehead atoms. The zero-order chi connectivity index (χ0) is 15.9. The largest absolute Gasteiger partial charge is 0.493 e. The van der Waals surface area contributed by atoms with E-state index in [-0.39, 0.29) is 23.9 Å². The highest BCUT2D eigenvalue weighted by Gasteiger charge is 2.10. The zero-order valence-electron chi connectivity index (χ0n) is 12.1. The molecule has 0 fully saturated rings. The number of rotatable bonds is 8. The number of benzene rings is 1. The lowest BCUT2D eigenvalue weighted by Crippen LogP contribution is -2.14. The topological polar surface area (TPSA) is 111 Å². The Bertz CT molecular complexity index is 599. The lowest BCUT2D eigenvalue weighted by molar-refractivity contribution is 0.294. The molecule has 1 aromatic carbocycles. The SMILES string of the molecule is CCS(=O)(=O)CCCOc1ccc(C(N)=NO)cc1OC. The maximum absolute atomic E-state index is 11.4. The second-order valence-corrected chi connectivity index (χ2v) is 6.76. The van der Waals surface area contributed by atoms with Crippen LogP contribution in [0.4, 0.5) is 0 Å². The zero-order valence-corrected chi connectivity index (χ0v) is 12.9. The Morgan fingerprint density at radius 3 is 2.67 bits per heavy atom. The fourth-order valence-electron chi connectivity index (χ4n) is 1.61. The van der Waals surface area contributed by atoms with Gasteiger partial charge in [-0.3, -0.25) is 0 Å². The van der Waals surface area contributed by atoms with E-state index >= 15 is 0 Å². The van der Waals surface area contributed by atoms with E-state index in [9.17, 15) is 8.42 Å². The smallest absolute Gasteiger partial charge is 0.170 e. The standard InChI is InChI=1S/C13H20N2O5S/c1-3-21(17,18)8-4-7-20-11-6-5-10(13(14)15-16)9-12(11)19-2/h5-6,9,16H,3-4,7-8H2,1-2H3,(H2,14,15). The van der Waals surface area contributed by atoms with Crippen molar-refractivity contribution in [1.82, 2.24) is 0 Å². The molecule has 0 atom stereocenters. The summed E-state index contributed by atoms with van der Waals surface area (Å²) < 4.78 is 33.4. The quantitative estimate of drug-likeness (QED) is 0.243. The average Bonchev–Trinajstić information content (AvgIpc) is 2.50. The Hall–Kier alpha value is -1.96. The summed E-state index contributed by atoms with van der Waals surface area (Å²) in [4.78, 5) is 0. The van der Waals surface area contributed by atoms with Gasteiger partial charge in [0, 0.05) is 11.3 Å².